The molecule has 1 saturated heterocycles. The van der Waals surface area contributed by atoms with Crippen LogP contribution in [0.15, 0.2) is 24.3 Å². The lowest BCUT2D eigenvalue weighted by Gasteiger charge is -2.43. The van der Waals surface area contributed by atoms with Crippen LogP contribution < -0.4 is 5.32 Å². The van der Waals surface area contributed by atoms with E-state index in [1.54, 1.807) is 0 Å². The molecule has 0 unspecified atom stereocenters. The lowest BCUT2D eigenvalue weighted by molar-refractivity contribution is -0.122. The fourth-order valence-electron chi connectivity index (χ4n) is 4.03. The summed E-state index contributed by atoms with van der Waals surface area (Å²) in [6.45, 7) is 6.28. The highest BCUT2D eigenvalue weighted by molar-refractivity contribution is 5.94. The summed E-state index contributed by atoms with van der Waals surface area (Å²) in [7, 11) is 0. The van der Waals surface area contributed by atoms with Crippen molar-refractivity contribution in [2.75, 3.05) is 18.4 Å². The predicted molar refractivity (Wildman–Crippen MR) is 90.9 cm³/mol. The summed E-state index contributed by atoms with van der Waals surface area (Å²) in [5.74, 6) is 1.85. The first-order chi connectivity index (χ1) is 10.6. The summed E-state index contributed by atoms with van der Waals surface area (Å²) in [6.07, 6.45) is 6.81. The molecule has 1 aromatic rings. The molecular formula is C19H28N2O. The summed E-state index contributed by atoms with van der Waals surface area (Å²) in [5.41, 5.74) is 2.11. The number of piperidine rings is 1. The van der Waals surface area contributed by atoms with Crippen molar-refractivity contribution in [3.8, 4) is 0 Å². The van der Waals surface area contributed by atoms with Gasteiger partial charge in [-0.3, -0.25) is 9.69 Å². The maximum Gasteiger partial charge on any atom is 0.241 e. The summed E-state index contributed by atoms with van der Waals surface area (Å²) in [5, 5.41) is 3.06. The van der Waals surface area contributed by atoms with E-state index in [1.807, 2.05) is 31.2 Å². The Kier molecular flexibility index (Phi) is 4.82. The number of likely N-dealkylation sites (tertiary alicyclic amines) is 1. The van der Waals surface area contributed by atoms with E-state index in [0.29, 0.717) is 0 Å². The van der Waals surface area contributed by atoms with Crippen LogP contribution in [0.2, 0.25) is 0 Å². The van der Waals surface area contributed by atoms with Crippen molar-refractivity contribution in [2.24, 2.45) is 11.8 Å². The largest absolute Gasteiger partial charge is 0.325 e. The molecule has 120 valence electrons. The SMILES string of the molecule is Cc1ccc(NC(=O)[C@H](C)N2CC[C@H]3CCCC[C@@H]3C2)cc1. The number of nitrogens with zero attached hydrogens (tertiary/aromatic N) is 1. The molecule has 1 N–H and O–H groups in total. The van der Waals surface area contributed by atoms with E-state index in [-0.39, 0.29) is 11.9 Å². The Morgan fingerprint density at radius 1 is 1.14 bits per heavy atom. The molecule has 0 bridgehead atoms. The number of nitrogens with one attached hydrogen (secondary N) is 1. The lowest BCUT2D eigenvalue weighted by atomic mass is 9.75. The van der Waals surface area contributed by atoms with E-state index in [9.17, 15) is 4.79 Å². The molecule has 1 aliphatic heterocycles. The zero-order valence-corrected chi connectivity index (χ0v) is 13.8. The van der Waals surface area contributed by atoms with Gasteiger partial charge in [0.25, 0.3) is 0 Å². The highest BCUT2D eigenvalue weighted by Crippen LogP contribution is 2.36. The first-order valence-corrected chi connectivity index (χ1v) is 8.75. The fourth-order valence-corrected chi connectivity index (χ4v) is 4.03. The van der Waals surface area contributed by atoms with Crippen LogP contribution in [0.25, 0.3) is 0 Å². The Morgan fingerprint density at radius 2 is 1.82 bits per heavy atom. The minimum absolute atomic E-state index is 0.0378. The van der Waals surface area contributed by atoms with Crippen LogP contribution in [-0.4, -0.2) is 29.9 Å². The second-order valence-electron chi connectivity index (χ2n) is 7.12. The topological polar surface area (TPSA) is 32.3 Å². The molecule has 1 aromatic carbocycles. The van der Waals surface area contributed by atoms with Crippen LogP contribution in [0, 0.1) is 18.8 Å². The third-order valence-corrected chi connectivity index (χ3v) is 5.57. The summed E-state index contributed by atoms with van der Waals surface area (Å²) in [6, 6.07) is 7.99. The van der Waals surface area contributed by atoms with E-state index in [1.165, 1.54) is 37.7 Å². The van der Waals surface area contributed by atoms with Gasteiger partial charge in [-0.25, -0.2) is 0 Å². The molecule has 1 aliphatic carbocycles. The Balaban J connectivity index is 1.57. The van der Waals surface area contributed by atoms with Crippen molar-refractivity contribution in [1.82, 2.24) is 4.90 Å². The predicted octanol–water partition coefficient (Wildman–Crippen LogP) is 3.83. The highest BCUT2D eigenvalue weighted by Gasteiger charge is 2.34. The summed E-state index contributed by atoms with van der Waals surface area (Å²) in [4.78, 5) is 14.9. The normalized spacial score (nSPS) is 27.0. The fraction of sp³-hybridized carbons (Fsp3) is 0.632. The van der Waals surface area contributed by atoms with Crippen molar-refractivity contribution in [2.45, 2.75) is 52.0 Å². The molecule has 2 aliphatic rings. The number of carbonyl (C=O) groups is 1. The van der Waals surface area contributed by atoms with Gasteiger partial charge in [0.2, 0.25) is 5.91 Å². The quantitative estimate of drug-likeness (QED) is 0.920. The zero-order valence-electron chi connectivity index (χ0n) is 13.8. The molecule has 0 spiro atoms. The van der Waals surface area contributed by atoms with Gasteiger partial charge < -0.3 is 5.32 Å². The smallest absolute Gasteiger partial charge is 0.241 e. The summed E-state index contributed by atoms with van der Waals surface area (Å²) >= 11 is 0. The zero-order chi connectivity index (χ0) is 15.5. The lowest BCUT2D eigenvalue weighted by Crippen LogP contribution is -2.49. The molecule has 3 nitrogen and oxygen atoms in total. The number of rotatable bonds is 3. The van der Waals surface area contributed by atoms with Crippen molar-refractivity contribution >= 4 is 11.6 Å². The minimum Gasteiger partial charge on any atom is -0.325 e. The molecule has 22 heavy (non-hydrogen) atoms. The number of fused-ring (bicyclic) bond motifs is 1. The van der Waals surface area contributed by atoms with E-state index < -0.39 is 0 Å². The second kappa shape index (κ2) is 6.82. The molecule has 1 saturated carbocycles. The van der Waals surface area contributed by atoms with Gasteiger partial charge >= 0.3 is 0 Å². The number of aryl methyl sites for hydroxylation is 1. The van der Waals surface area contributed by atoms with Crippen LogP contribution in [0.1, 0.15) is 44.6 Å². The number of hydrogen-bond acceptors (Lipinski definition) is 2. The maximum atomic E-state index is 12.5. The van der Waals surface area contributed by atoms with Crippen LogP contribution >= 0.6 is 0 Å². The van der Waals surface area contributed by atoms with Gasteiger partial charge in [0.1, 0.15) is 0 Å². The number of hydrogen-bond donors (Lipinski definition) is 1. The van der Waals surface area contributed by atoms with E-state index in [4.69, 9.17) is 0 Å². The standard InChI is InChI=1S/C19H28N2O/c1-14-7-9-18(10-8-14)20-19(22)15(2)21-12-11-16-5-3-4-6-17(16)13-21/h7-10,15-17H,3-6,11-13H2,1-2H3,(H,20,22)/t15-,16+,17+/m0/s1. The van der Waals surface area contributed by atoms with Gasteiger partial charge in [-0.1, -0.05) is 37.0 Å². The molecule has 3 rings (SSSR count). The number of anilines is 1. The molecule has 2 fully saturated rings. The third-order valence-electron chi connectivity index (χ3n) is 5.57. The third kappa shape index (κ3) is 3.52. The molecule has 1 amide bonds. The van der Waals surface area contributed by atoms with Crippen molar-refractivity contribution in [3.63, 3.8) is 0 Å². The molecule has 3 heteroatoms. The summed E-state index contributed by atoms with van der Waals surface area (Å²) < 4.78 is 0. The second-order valence-corrected chi connectivity index (χ2v) is 7.12. The molecule has 0 aromatic heterocycles. The maximum absolute atomic E-state index is 12.5. The van der Waals surface area contributed by atoms with Crippen molar-refractivity contribution in [3.05, 3.63) is 29.8 Å². The average molecular weight is 300 g/mol. The van der Waals surface area contributed by atoms with E-state index >= 15 is 0 Å². The van der Waals surface area contributed by atoms with Crippen LogP contribution in [0.5, 0.6) is 0 Å². The van der Waals surface area contributed by atoms with Gasteiger partial charge in [0, 0.05) is 12.2 Å². The van der Waals surface area contributed by atoms with Gasteiger partial charge in [0.15, 0.2) is 0 Å². The van der Waals surface area contributed by atoms with Crippen molar-refractivity contribution in [1.29, 1.82) is 0 Å². The number of amides is 1. The molecule has 3 atom stereocenters. The molecule has 0 radical (unpaired) electrons. The molecule has 1 heterocycles. The Morgan fingerprint density at radius 3 is 2.55 bits per heavy atom. The first kappa shape index (κ1) is 15.5. The van der Waals surface area contributed by atoms with Gasteiger partial charge in [-0.2, -0.15) is 0 Å². The molecular weight excluding hydrogens is 272 g/mol. The number of carbonyl (C=O) groups excluding carboxylic acids is 1. The van der Waals surface area contributed by atoms with Crippen LogP contribution in [0.3, 0.4) is 0 Å². The van der Waals surface area contributed by atoms with Crippen LogP contribution in [0.4, 0.5) is 5.69 Å². The first-order valence-electron chi connectivity index (χ1n) is 8.75. The van der Waals surface area contributed by atoms with Crippen LogP contribution in [-0.2, 0) is 4.79 Å². The van der Waals surface area contributed by atoms with Gasteiger partial charge in [-0.15, -0.1) is 0 Å². The van der Waals surface area contributed by atoms with Crippen molar-refractivity contribution < 1.29 is 4.79 Å². The monoisotopic (exact) mass is 300 g/mol. The number of benzene rings is 1. The van der Waals surface area contributed by atoms with E-state index in [0.717, 1.165) is 30.6 Å². The van der Waals surface area contributed by atoms with Gasteiger partial charge in [-0.05, 0) is 57.2 Å². The Bertz CT molecular complexity index is 511. The highest BCUT2D eigenvalue weighted by atomic mass is 16.2. The average Bonchev–Trinajstić information content (AvgIpc) is 2.55. The Labute approximate surface area is 134 Å². The Hall–Kier alpha value is -1.35. The van der Waals surface area contributed by atoms with E-state index in [2.05, 4.69) is 17.1 Å². The van der Waals surface area contributed by atoms with Gasteiger partial charge in [0.05, 0.1) is 6.04 Å². The minimum atomic E-state index is -0.0378.